The zero-order valence-electron chi connectivity index (χ0n) is 14.6. The van der Waals surface area contributed by atoms with Gasteiger partial charge < -0.3 is 19.7 Å². The Morgan fingerprint density at radius 1 is 1.08 bits per heavy atom. The number of hydrogen-bond donors (Lipinski definition) is 1. The van der Waals surface area contributed by atoms with Gasteiger partial charge in [0.2, 0.25) is 5.91 Å². The fourth-order valence-corrected chi connectivity index (χ4v) is 3.32. The number of carbonyl (C=O) groups excluding carboxylic acids is 1. The van der Waals surface area contributed by atoms with Gasteiger partial charge in [0.1, 0.15) is 5.75 Å². The van der Waals surface area contributed by atoms with E-state index in [4.69, 9.17) is 9.47 Å². The second-order valence-electron chi connectivity index (χ2n) is 6.40. The molecule has 1 amide bonds. The van der Waals surface area contributed by atoms with Gasteiger partial charge in [-0.1, -0.05) is 18.2 Å². The first-order chi connectivity index (χ1) is 12.8. The molecule has 2 aromatic carbocycles. The van der Waals surface area contributed by atoms with E-state index in [1.54, 1.807) is 6.08 Å². The van der Waals surface area contributed by atoms with Gasteiger partial charge in [0.15, 0.2) is 0 Å². The third-order valence-corrected chi connectivity index (χ3v) is 4.65. The lowest BCUT2D eigenvalue weighted by atomic mass is 10.1. The number of hydrogen-bond acceptors (Lipinski definition) is 4. The van der Waals surface area contributed by atoms with Gasteiger partial charge in [-0.05, 0) is 41.5 Å². The zero-order valence-corrected chi connectivity index (χ0v) is 14.6. The van der Waals surface area contributed by atoms with Crippen molar-refractivity contribution in [1.82, 2.24) is 0 Å². The topological polar surface area (TPSA) is 50.8 Å². The SMILES string of the molecule is O=C(/C=C/c1ccc2c(c1)CCO2)Nc1ccccc1N1CCOCC1. The average Bonchev–Trinajstić information content (AvgIpc) is 3.15. The Morgan fingerprint density at radius 2 is 1.92 bits per heavy atom. The Balaban J connectivity index is 1.45. The van der Waals surface area contributed by atoms with Crippen LogP contribution in [0.15, 0.2) is 48.5 Å². The minimum absolute atomic E-state index is 0.137. The number of nitrogens with one attached hydrogen (secondary N) is 1. The van der Waals surface area contributed by atoms with Crippen molar-refractivity contribution in [3.8, 4) is 5.75 Å². The molecule has 5 nitrogen and oxygen atoms in total. The summed E-state index contributed by atoms with van der Waals surface area (Å²) in [6.45, 7) is 3.83. The van der Waals surface area contributed by atoms with E-state index in [2.05, 4.69) is 16.3 Å². The molecule has 2 aromatic rings. The van der Waals surface area contributed by atoms with Crippen LogP contribution >= 0.6 is 0 Å². The van der Waals surface area contributed by atoms with Gasteiger partial charge in [-0.15, -0.1) is 0 Å². The quantitative estimate of drug-likeness (QED) is 0.861. The molecule has 4 rings (SSSR count). The molecule has 0 atom stereocenters. The Morgan fingerprint density at radius 3 is 2.81 bits per heavy atom. The molecule has 0 saturated carbocycles. The van der Waals surface area contributed by atoms with E-state index in [1.165, 1.54) is 5.56 Å². The molecular formula is C21H22N2O3. The van der Waals surface area contributed by atoms with E-state index in [9.17, 15) is 4.79 Å². The Labute approximate surface area is 153 Å². The van der Waals surface area contributed by atoms with Gasteiger partial charge in [0, 0.05) is 25.6 Å². The van der Waals surface area contributed by atoms with Crippen LogP contribution < -0.4 is 15.0 Å². The zero-order chi connectivity index (χ0) is 17.8. The molecule has 26 heavy (non-hydrogen) atoms. The fourth-order valence-electron chi connectivity index (χ4n) is 3.32. The van der Waals surface area contributed by atoms with E-state index in [-0.39, 0.29) is 5.91 Å². The van der Waals surface area contributed by atoms with E-state index in [0.717, 1.165) is 48.8 Å². The van der Waals surface area contributed by atoms with Crippen LogP contribution in [0, 0.1) is 0 Å². The number of morpholine rings is 1. The van der Waals surface area contributed by atoms with Crippen molar-refractivity contribution in [1.29, 1.82) is 0 Å². The first-order valence-electron chi connectivity index (χ1n) is 8.96. The lowest BCUT2D eigenvalue weighted by Gasteiger charge is -2.30. The first-order valence-corrected chi connectivity index (χ1v) is 8.96. The van der Waals surface area contributed by atoms with Gasteiger partial charge in [-0.3, -0.25) is 4.79 Å². The molecular weight excluding hydrogens is 328 g/mol. The summed E-state index contributed by atoms with van der Waals surface area (Å²) in [6, 6.07) is 13.9. The number of para-hydroxylation sites is 2. The molecule has 2 aliphatic heterocycles. The number of ether oxygens (including phenoxy) is 2. The van der Waals surface area contributed by atoms with Crippen LogP contribution in [-0.2, 0) is 16.0 Å². The number of benzene rings is 2. The molecule has 2 heterocycles. The lowest BCUT2D eigenvalue weighted by Crippen LogP contribution is -2.36. The highest BCUT2D eigenvalue weighted by molar-refractivity contribution is 6.03. The van der Waals surface area contributed by atoms with Crippen LogP contribution in [0.5, 0.6) is 5.75 Å². The van der Waals surface area contributed by atoms with E-state index in [1.807, 2.05) is 42.5 Å². The van der Waals surface area contributed by atoms with Crippen LogP contribution in [0.3, 0.4) is 0 Å². The van der Waals surface area contributed by atoms with Crippen molar-refractivity contribution in [2.75, 3.05) is 43.1 Å². The molecule has 0 bridgehead atoms. The van der Waals surface area contributed by atoms with Crippen molar-refractivity contribution in [2.45, 2.75) is 6.42 Å². The van der Waals surface area contributed by atoms with Crippen molar-refractivity contribution in [3.63, 3.8) is 0 Å². The molecule has 0 unspecified atom stereocenters. The maximum absolute atomic E-state index is 12.4. The molecule has 0 aliphatic carbocycles. The number of nitrogens with zero attached hydrogens (tertiary/aromatic N) is 1. The fraction of sp³-hybridized carbons (Fsp3) is 0.286. The van der Waals surface area contributed by atoms with E-state index in [0.29, 0.717) is 13.2 Å². The van der Waals surface area contributed by atoms with Gasteiger partial charge in [0.05, 0.1) is 31.2 Å². The molecule has 1 N–H and O–H groups in total. The van der Waals surface area contributed by atoms with E-state index < -0.39 is 0 Å². The van der Waals surface area contributed by atoms with Crippen LogP contribution in [0.4, 0.5) is 11.4 Å². The standard InChI is InChI=1S/C21H22N2O3/c24-21(8-6-16-5-7-20-17(15-16)9-12-26-20)22-18-3-1-2-4-19(18)23-10-13-25-14-11-23/h1-8,15H,9-14H2,(H,22,24)/b8-6+. The third kappa shape index (κ3) is 3.73. The molecule has 0 radical (unpaired) electrons. The summed E-state index contributed by atoms with van der Waals surface area (Å²) in [5.41, 5.74) is 4.06. The lowest BCUT2D eigenvalue weighted by molar-refractivity contribution is -0.111. The predicted octanol–water partition coefficient (Wildman–Crippen LogP) is 3.11. The number of amides is 1. The summed E-state index contributed by atoms with van der Waals surface area (Å²) in [5, 5.41) is 3.00. The first kappa shape index (κ1) is 16.7. The van der Waals surface area contributed by atoms with Crippen molar-refractivity contribution >= 4 is 23.4 Å². The number of anilines is 2. The second-order valence-corrected chi connectivity index (χ2v) is 6.40. The third-order valence-electron chi connectivity index (χ3n) is 4.65. The Hall–Kier alpha value is -2.79. The summed E-state index contributed by atoms with van der Waals surface area (Å²) in [6.07, 6.45) is 4.34. The Kier molecular flexibility index (Phi) is 4.88. The van der Waals surface area contributed by atoms with Gasteiger partial charge in [0.25, 0.3) is 0 Å². The minimum atomic E-state index is -0.137. The minimum Gasteiger partial charge on any atom is -0.493 e. The normalized spacial score (nSPS) is 16.4. The summed E-state index contributed by atoms with van der Waals surface area (Å²) in [5.74, 6) is 0.813. The molecule has 0 spiro atoms. The Bertz CT molecular complexity index is 826. The average molecular weight is 350 g/mol. The number of carbonyl (C=O) groups is 1. The smallest absolute Gasteiger partial charge is 0.248 e. The van der Waals surface area contributed by atoms with Gasteiger partial charge >= 0.3 is 0 Å². The van der Waals surface area contributed by atoms with Gasteiger partial charge in [-0.2, -0.15) is 0 Å². The highest BCUT2D eigenvalue weighted by atomic mass is 16.5. The largest absolute Gasteiger partial charge is 0.493 e. The highest BCUT2D eigenvalue weighted by Gasteiger charge is 2.15. The summed E-state index contributed by atoms with van der Waals surface area (Å²) < 4.78 is 10.9. The molecule has 2 aliphatic rings. The molecule has 5 heteroatoms. The second kappa shape index (κ2) is 7.62. The predicted molar refractivity (Wildman–Crippen MR) is 103 cm³/mol. The van der Waals surface area contributed by atoms with Gasteiger partial charge in [-0.25, -0.2) is 0 Å². The van der Waals surface area contributed by atoms with Crippen molar-refractivity contribution < 1.29 is 14.3 Å². The molecule has 0 aromatic heterocycles. The highest BCUT2D eigenvalue weighted by Crippen LogP contribution is 2.27. The summed E-state index contributed by atoms with van der Waals surface area (Å²) >= 11 is 0. The van der Waals surface area contributed by atoms with Crippen LogP contribution in [-0.4, -0.2) is 38.8 Å². The molecule has 1 saturated heterocycles. The molecule has 1 fully saturated rings. The maximum Gasteiger partial charge on any atom is 0.248 e. The number of fused-ring (bicyclic) bond motifs is 1. The van der Waals surface area contributed by atoms with Crippen molar-refractivity contribution in [3.05, 3.63) is 59.7 Å². The molecule has 134 valence electrons. The number of rotatable bonds is 4. The van der Waals surface area contributed by atoms with Crippen LogP contribution in [0.1, 0.15) is 11.1 Å². The summed E-state index contributed by atoms with van der Waals surface area (Å²) in [4.78, 5) is 14.6. The van der Waals surface area contributed by atoms with Crippen LogP contribution in [0.2, 0.25) is 0 Å². The monoisotopic (exact) mass is 350 g/mol. The summed E-state index contributed by atoms with van der Waals surface area (Å²) in [7, 11) is 0. The maximum atomic E-state index is 12.4. The van der Waals surface area contributed by atoms with E-state index >= 15 is 0 Å². The van der Waals surface area contributed by atoms with Crippen molar-refractivity contribution in [2.24, 2.45) is 0 Å². The van der Waals surface area contributed by atoms with Crippen LogP contribution in [0.25, 0.3) is 6.08 Å².